The van der Waals surface area contributed by atoms with Gasteiger partial charge in [-0.25, -0.2) is 10.1 Å². The highest BCUT2D eigenvalue weighted by Crippen LogP contribution is 2.31. The number of fused-ring (bicyclic) bond motifs is 1. The van der Waals surface area contributed by atoms with Crippen LogP contribution in [0.25, 0.3) is 28.2 Å². The van der Waals surface area contributed by atoms with Crippen molar-refractivity contribution in [3.63, 3.8) is 0 Å². The molecule has 3 heterocycles. The molecule has 0 fully saturated rings. The molecule has 0 saturated carbocycles. The molecule has 3 aromatic heterocycles. The van der Waals surface area contributed by atoms with Gasteiger partial charge in [0.2, 0.25) is 5.88 Å². The van der Waals surface area contributed by atoms with Gasteiger partial charge in [-0.15, -0.1) is 5.10 Å². The van der Waals surface area contributed by atoms with Crippen LogP contribution < -0.4 is 0 Å². The highest BCUT2D eigenvalue weighted by atomic mass is 16.3. The number of hydrogen-bond donors (Lipinski definition) is 2. The van der Waals surface area contributed by atoms with E-state index in [1.807, 2.05) is 24.3 Å². The normalized spacial score (nSPS) is 11.3. The van der Waals surface area contributed by atoms with Crippen LogP contribution in [0.3, 0.4) is 0 Å². The van der Waals surface area contributed by atoms with Gasteiger partial charge in [-0.2, -0.15) is 9.61 Å². The predicted octanol–water partition coefficient (Wildman–Crippen LogP) is 3.83. The van der Waals surface area contributed by atoms with E-state index in [9.17, 15) is 5.11 Å². The standard InChI is InChI=1S/C23H21N7O/c1-2-5-20-19(23(31)30-21(25-20)12-13-24-30)14-15-8-10-16(11-9-15)17-6-3-4-7-18(17)22-26-28-29-27-22/h3-4,6-13,31H,2,5,14H2,1H3,(H,26,27,28,29). The molecule has 0 unspecified atom stereocenters. The number of tetrazole rings is 1. The molecule has 0 radical (unpaired) electrons. The molecule has 0 aliphatic heterocycles. The Hall–Kier alpha value is -4.07. The first-order chi connectivity index (χ1) is 15.2. The molecular formula is C23H21N7O. The maximum Gasteiger partial charge on any atom is 0.219 e. The molecule has 0 aliphatic carbocycles. The smallest absolute Gasteiger partial charge is 0.219 e. The van der Waals surface area contributed by atoms with Crippen LogP contribution in [0.4, 0.5) is 0 Å². The van der Waals surface area contributed by atoms with Gasteiger partial charge < -0.3 is 5.11 Å². The largest absolute Gasteiger partial charge is 0.493 e. The van der Waals surface area contributed by atoms with Crippen LogP contribution in [0.15, 0.2) is 60.8 Å². The summed E-state index contributed by atoms with van der Waals surface area (Å²) < 4.78 is 1.49. The number of nitrogens with zero attached hydrogens (tertiary/aromatic N) is 6. The molecule has 5 rings (SSSR count). The quantitative estimate of drug-likeness (QED) is 0.440. The van der Waals surface area contributed by atoms with Gasteiger partial charge in [0.25, 0.3) is 0 Å². The first-order valence-corrected chi connectivity index (χ1v) is 10.2. The molecule has 2 aromatic carbocycles. The molecule has 2 N–H and O–H groups in total. The number of aromatic hydroxyl groups is 1. The third-order valence-corrected chi connectivity index (χ3v) is 5.35. The summed E-state index contributed by atoms with van der Waals surface area (Å²) in [6.07, 6.45) is 3.99. The summed E-state index contributed by atoms with van der Waals surface area (Å²) in [6, 6.07) is 18.1. The first kappa shape index (κ1) is 18.9. The van der Waals surface area contributed by atoms with Crippen molar-refractivity contribution in [2.75, 3.05) is 0 Å². The van der Waals surface area contributed by atoms with Gasteiger partial charge in [-0.1, -0.05) is 61.9 Å². The van der Waals surface area contributed by atoms with E-state index in [-0.39, 0.29) is 5.88 Å². The third-order valence-electron chi connectivity index (χ3n) is 5.35. The van der Waals surface area contributed by atoms with Crippen molar-refractivity contribution < 1.29 is 5.11 Å². The average Bonchev–Trinajstić information content (AvgIpc) is 3.49. The lowest BCUT2D eigenvalue weighted by molar-refractivity contribution is 0.427. The molecule has 31 heavy (non-hydrogen) atoms. The van der Waals surface area contributed by atoms with E-state index in [4.69, 9.17) is 4.98 Å². The fourth-order valence-electron chi connectivity index (χ4n) is 3.85. The Bertz CT molecular complexity index is 1320. The second-order valence-electron chi connectivity index (χ2n) is 7.38. The molecule has 154 valence electrons. The molecule has 0 bridgehead atoms. The van der Waals surface area contributed by atoms with Crippen LogP contribution >= 0.6 is 0 Å². The van der Waals surface area contributed by atoms with E-state index in [1.165, 1.54) is 4.52 Å². The van der Waals surface area contributed by atoms with E-state index in [0.717, 1.165) is 46.4 Å². The number of rotatable bonds is 6. The fraction of sp³-hybridized carbons (Fsp3) is 0.174. The summed E-state index contributed by atoms with van der Waals surface area (Å²) in [5.74, 6) is 0.790. The SMILES string of the molecule is CCCc1nc2ccnn2c(O)c1Cc1ccc(-c2ccccc2-c2nnn[nH]2)cc1. The maximum atomic E-state index is 10.8. The molecule has 0 aliphatic rings. The summed E-state index contributed by atoms with van der Waals surface area (Å²) in [5, 5.41) is 29.3. The Balaban J connectivity index is 1.49. The van der Waals surface area contributed by atoms with E-state index >= 15 is 0 Å². The average molecular weight is 411 g/mol. The number of aryl methyl sites for hydroxylation is 1. The minimum absolute atomic E-state index is 0.158. The molecule has 0 atom stereocenters. The van der Waals surface area contributed by atoms with Crippen molar-refractivity contribution in [3.05, 3.63) is 77.6 Å². The van der Waals surface area contributed by atoms with Crippen molar-refractivity contribution >= 4 is 5.65 Å². The first-order valence-electron chi connectivity index (χ1n) is 10.2. The fourth-order valence-corrected chi connectivity index (χ4v) is 3.85. The number of aromatic nitrogens is 7. The third kappa shape index (κ3) is 3.52. The van der Waals surface area contributed by atoms with Crippen molar-refractivity contribution in [2.45, 2.75) is 26.2 Å². The Morgan fingerprint density at radius 2 is 1.81 bits per heavy atom. The van der Waals surface area contributed by atoms with Gasteiger partial charge in [0.15, 0.2) is 11.5 Å². The lowest BCUT2D eigenvalue weighted by Gasteiger charge is -2.13. The summed E-state index contributed by atoms with van der Waals surface area (Å²) in [4.78, 5) is 4.71. The van der Waals surface area contributed by atoms with Gasteiger partial charge >= 0.3 is 0 Å². The second kappa shape index (κ2) is 7.98. The number of aromatic amines is 1. The Morgan fingerprint density at radius 3 is 2.55 bits per heavy atom. The monoisotopic (exact) mass is 411 g/mol. The minimum atomic E-state index is 0.158. The molecule has 0 saturated heterocycles. The highest BCUT2D eigenvalue weighted by molar-refractivity contribution is 5.80. The van der Waals surface area contributed by atoms with Gasteiger partial charge in [-0.05, 0) is 33.5 Å². The zero-order chi connectivity index (χ0) is 21.2. The van der Waals surface area contributed by atoms with Gasteiger partial charge in [-0.3, -0.25) is 0 Å². The molecule has 0 amide bonds. The van der Waals surface area contributed by atoms with Gasteiger partial charge in [0, 0.05) is 23.6 Å². The molecule has 8 heteroatoms. The molecule has 5 aromatic rings. The van der Waals surface area contributed by atoms with E-state index in [1.54, 1.807) is 12.3 Å². The number of hydrogen-bond acceptors (Lipinski definition) is 6. The second-order valence-corrected chi connectivity index (χ2v) is 7.38. The van der Waals surface area contributed by atoms with Gasteiger partial charge in [0.05, 0.1) is 11.9 Å². The Kier molecular flexibility index (Phi) is 4.87. The summed E-state index contributed by atoms with van der Waals surface area (Å²) in [6.45, 7) is 2.11. The number of benzene rings is 2. The molecule has 8 nitrogen and oxygen atoms in total. The zero-order valence-electron chi connectivity index (χ0n) is 17.0. The van der Waals surface area contributed by atoms with Crippen LogP contribution in [-0.4, -0.2) is 40.3 Å². The predicted molar refractivity (Wildman–Crippen MR) is 117 cm³/mol. The topological polar surface area (TPSA) is 105 Å². The minimum Gasteiger partial charge on any atom is -0.493 e. The number of H-pyrrole nitrogens is 1. The van der Waals surface area contributed by atoms with Crippen LogP contribution in [0.5, 0.6) is 5.88 Å². The van der Waals surface area contributed by atoms with Crippen molar-refractivity contribution in [1.29, 1.82) is 0 Å². The van der Waals surface area contributed by atoms with E-state index < -0.39 is 0 Å². The summed E-state index contributed by atoms with van der Waals surface area (Å²) >= 11 is 0. The lowest BCUT2D eigenvalue weighted by atomic mass is 9.96. The van der Waals surface area contributed by atoms with Crippen LogP contribution in [0.1, 0.15) is 30.2 Å². The summed E-state index contributed by atoms with van der Waals surface area (Å²) in [7, 11) is 0. The van der Waals surface area contributed by atoms with Crippen LogP contribution in [-0.2, 0) is 12.8 Å². The van der Waals surface area contributed by atoms with E-state index in [2.05, 4.69) is 56.9 Å². The Labute approximate surface area is 178 Å². The number of nitrogens with one attached hydrogen (secondary N) is 1. The van der Waals surface area contributed by atoms with Gasteiger partial charge in [0.1, 0.15) is 0 Å². The lowest BCUT2D eigenvalue weighted by Crippen LogP contribution is -2.05. The van der Waals surface area contributed by atoms with Crippen molar-refractivity contribution in [1.82, 2.24) is 35.2 Å². The van der Waals surface area contributed by atoms with Crippen molar-refractivity contribution in [3.8, 4) is 28.4 Å². The van der Waals surface area contributed by atoms with Crippen molar-refractivity contribution in [2.24, 2.45) is 0 Å². The molecular weight excluding hydrogens is 390 g/mol. The Morgan fingerprint density at radius 1 is 1.00 bits per heavy atom. The van der Waals surface area contributed by atoms with Crippen LogP contribution in [0, 0.1) is 0 Å². The molecule has 0 spiro atoms. The zero-order valence-corrected chi connectivity index (χ0v) is 17.0. The van der Waals surface area contributed by atoms with Crippen LogP contribution in [0.2, 0.25) is 0 Å². The maximum absolute atomic E-state index is 10.8. The highest BCUT2D eigenvalue weighted by Gasteiger charge is 2.16. The van der Waals surface area contributed by atoms with E-state index in [0.29, 0.717) is 17.9 Å². The summed E-state index contributed by atoms with van der Waals surface area (Å²) in [5.41, 5.74) is 6.54.